The van der Waals surface area contributed by atoms with Gasteiger partial charge in [0, 0.05) is 23.2 Å². The van der Waals surface area contributed by atoms with E-state index in [-0.39, 0.29) is 39.6 Å². The van der Waals surface area contributed by atoms with Gasteiger partial charge >= 0.3 is 0 Å². The van der Waals surface area contributed by atoms with E-state index in [9.17, 15) is 13.2 Å². The highest BCUT2D eigenvalue weighted by Crippen LogP contribution is 2.35. The molecule has 0 aliphatic carbocycles. The maximum absolute atomic E-state index is 13.3. The van der Waals surface area contributed by atoms with E-state index < -0.39 is 15.9 Å². The van der Waals surface area contributed by atoms with Crippen LogP contribution in [0.5, 0.6) is 5.75 Å². The van der Waals surface area contributed by atoms with Crippen molar-refractivity contribution in [2.24, 2.45) is 0 Å². The number of ether oxygens (including phenoxy) is 1. The van der Waals surface area contributed by atoms with Crippen LogP contribution >= 0.6 is 34.8 Å². The van der Waals surface area contributed by atoms with Crippen molar-refractivity contribution < 1.29 is 17.9 Å². The van der Waals surface area contributed by atoms with Crippen LogP contribution in [0.2, 0.25) is 15.1 Å². The van der Waals surface area contributed by atoms with Gasteiger partial charge in [0.05, 0.1) is 28.2 Å². The van der Waals surface area contributed by atoms with Gasteiger partial charge in [-0.25, -0.2) is 8.42 Å². The third-order valence-corrected chi connectivity index (χ3v) is 7.23. The molecule has 2 aromatic rings. The Bertz CT molecular complexity index is 1000. The molecule has 0 aromatic heterocycles. The molecule has 9 heteroatoms. The second-order valence-corrected chi connectivity index (χ2v) is 10.3. The summed E-state index contributed by atoms with van der Waals surface area (Å²) in [6, 6.07) is 9.68. The van der Waals surface area contributed by atoms with Gasteiger partial charge < -0.3 is 9.64 Å². The summed E-state index contributed by atoms with van der Waals surface area (Å²) >= 11 is 18.6. The highest BCUT2D eigenvalue weighted by Gasteiger charge is 2.35. The molecule has 0 N–H and O–H groups in total. The van der Waals surface area contributed by atoms with Crippen LogP contribution in [0.25, 0.3) is 0 Å². The number of amides is 1. The first-order valence-electron chi connectivity index (χ1n) is 9.08. The fourth-order valence-electron chi connectivity index (χ4n) is 3.35. The molecule has 1 atom stereocenters. The summed E-state index contributed by atoms with van der Waals surface area (Å²) in [6.45, 7) is 2.41. The first-order valence-corrected chi connectivity index (χ1v) is 12.0. The molecular formula is C20H20Cl3NO4S. The molecule has 0 saturated carbocycles. The van der Waals surface area contributed by atoms with Gasteiger partial charge in [-0.1, -0.05) is 46.9 Å². The van der Waals surface area contributed by atoms with Crippen LogP contribution in [0.1, 0.15) is 29.3 Å². The predicted octanol–water partition coefficient (Wildman–Crippen LogP) is 4.88. The van der Waals surface area contributed by atoms with Gasteiger partial charge in [-0.2, -0.15) is 0 Å². The normalized spacial score (nSPS) is 17.9. The van der Waals surface area contributed by atoms with Crippen molar-refractivity contribution >= 4 is 50.5 Å². The number of carbonyl (C=O) groups excluding carboxylic acids is 1. The van der Waals surface area contributed by atoms with Gasteiger partial charge in [0.2, 0.25) is 0 Å². The SMILES string of the molecule is CCOc1c(Cl)cc(C(=O)N(Cc2cccc(Cl)c2)C2CCS(=O)(=O)C2)cc1Cl. The first kappa shape index (κ1) is 22.2. The average Bonchev–Trinajstić information content (AvgIpc) is 3.01. The summed E-state index contributed by atoms with van der Waals surface area (Å²) in [6.07, 6.45) is 0.382. The van der Waals surface area contributed by atoms with E-state index in [1.165, 1.54) is 12.1 Å². The van der Waals surface area contributed by atoms with E-state index >= 15 is 0 Å². The number of carbonyl (C=O) groups is 1. The molecule has 1 unspecified atom stereocenters. The third kappa shape index (κ3) is 5.37. The zero-order chi connectivity index (χ0) is 21.2. The van der Waals surface area contributed by atoms with E-state index in [1.807, 2.05) is 6.07 Å². The Hall–Kier alpha value is -1.47. The molecule has 1 heterocycles. The molecule has 0 bridgehead atoms. The van der Waals surface area contributed by atoms with Crippen molar-refractivity contribution in [2.75, 3.05) is 18.1 Å². The Morgan fingerprint density at radius 3 is 2.41 bits per heavy atom. The molecule has 1 saturated heterocycles. The number of benzene rings is 2. The number of rotatable bonds is 6. The van der Waals surface area contributed by atoms with Crippen LogP contribution in [-0.2, 0) is 16.4 Å². The fraction of sp³-hybridized carbons (Fsp3) is 0.350. The maximum Gasteiger partial charge on any atom is 0.254 e. The molecule has 0 spiro atoms. The van der Waals surface area contributed by atoms with Crippen molar-refractivity contribution in [3.05, 3.63) is 62.6 Å². The molecule has 1 aliphatic heterocycles. The summed E-state index contributed by atoms with van der Waals surface area (Å²) in [5, 5.41) is 0.995. The quantitative estimate of drug-likeness (QED) is 0.596. The Morgan fingerprint density at radius 2 is 1.86 bits per heavy atom. The van der Waals surface area contributed by atoms with Gasteiger partial charge in [0.15, 0.2) is 15.6 Å². The zero-order valence-corrected chi connectivity index (χ0v) is 18.8. The minimum Gasteiger partial charge on any atom is -0.491 e. The number of hydrogen-bond acceptors (Lipinski definition) is 4. The summed E-state index contributed by atoms with van der Waals surface area (Å²) in [4.78, 5) is 14.9. The molecule has 156 valence electrons. The molecule has 1 fully saturated rings. The number of hydrogen-bond donors (Lipinski definition) is 0. The van der Waals surface area contributed by atoms with Crippen molar-refractivity contribution in [1.29, 1.82) is 0 Å². The van der Waals surface area contributed by atoms with Crippen LogP contribution in [0, 0.1) is 0 Å². The minimum atomic E-state index is -3.18. The van der Waals surface area contributed by atoms with E-state index in [1.54, 1.807) is 30.0 Å². The first-order chi connectivity index (χ1) is 13.7. The van der Waals surface area contributed by atoms with Gasteiger partial charge in [-0.05, 0) is 43.2 Å². The average molecular weight is 477 g/mol. The van der Waals surface area contributed by atoms with Crippen LogP contribution < -0.4 is 4.74 Å². The lowest BCUT2D eigenvalue weighted by Gasteiger charge is -2.29. The van der Waals surface area contributed by atoms with Crippen LogP contribution in [0.4, 0.5) is 0 Å². The van der Waals surface area contributed by atoms with Gasteiger partial charge in [-0.15, -0.1) is 0 Å². The number of nitrogens with zero attached hydrogens (tertiary/aromatic N) is 1. The van der Waals surface area contributed by atoms with Crippen molar-refractivity contribution in [1.82, 2.24) is 4.90 Å². The number of sulfone groups is 1. The second-order valence-electron chi connectivity index (χ2n) is 6.82. The monoisotopic (exact) mass is 475 g/mol. The molecule has 2 aromatic carbocycles. The van der Waals surface area contributed by atoms with Crippen molar-refractivity contribution in [2.45, 2.75) is 25.9 Å². The Morgan fingerprint density at radius 1 is 1.17 bits per heavy atom. The van der Waals surface area contributed by atoms with E-state index in [2.05, 4.69) is 0 Å². The van der Waals surface area contributed by atoms with E-state index in [4.69, 9.17) is 39.5 Å². The molecule has 29 heavy (non-hydrogen) atoms. The Balaban J connectivity index is 1.96. The molecule has 1 amide bonds. The summed E-state index contributed by atoms with van der Waals surface area (Å²) < 4.78 is 29.5. The lowest BCUT2D eigenvalue weighted by atomic mass is 10.1. The minimum absolute atomic E-state index is 0.0573. The number of halogens is 3. The predicted molar refractivity (Wildman–Crippen MR) is 116 cm³/mol. The standard InChI is InChI=1S/C20H20Cl3NO4S/c1-2-28-19-17(22)9-14(10-18(19)23)20(25)24(16-6-7-29(26,27)12-16)11-13-4-3-5-15(21)8-13/h3-5,8-10,16H,2,6-7,11-12H2,1H3. The van der Waals surface area contributed by atoms with Crippen LogP contribution in [0.3, 0.4) is 0 Å². The van der Waals surface area contributed by atoms with Gasteiger partial charge in [-0.3, -0.25) is 4.79 Å². The molecule has 5 nitrogen and oxygen atoms in total. The van der Waals surface area contributed by atoms with E-state index in [0.29, 0.717) is 23.8 Å². The summed E-state index contributed by atoms with van der Waals surface area (Å²) in [7, 11) is -3.18. The third-order valence-electron chi connectivity index (χ3n) is 4.69. The second kappa shape index (κ2) is 9.13. The summed E-state index contributed by atoms with van der Waals surface area (Å²) in [5.74, 6) is -0.0457. The lowest BCUT2D eigenvalue weighted by molar-refractivity contribution is 0.0681. The van der Waals surface area contributed by atoms with Crippen molar-refractivity contribution in [3.63, 3.8) is 0 Å². The largest absolute Gasteiger partial charge is 0.491 e. The van der Waals surface area contributed by atoms with Crippen LogP contribution in [-0.4, -0.2) is 43.4 Å². The highest BCUT2D eigenvalue weighted by atomic mass is 35.5. The molecular weight excluding hydrogens is 457 g/mol. The topological polar surface area (TPSA) is 63.7 Å². The smallest absolute Gasteiger partial charge is 0.254 e. The lowest BCUT2D eigenvalue weighted by Crippen LogP contribution is -2.40. The van der Waals surface area contributed by atoms with Crippen LogP contribution in [0.15, 0.2) is 36.4 Å². The zero-order valence-electron chi connectivity index (χ0n) is 15.7. The van der Waals surface area contributed by atoms with E-state index in [0.717, 1.165) is 5.56 Å². The molecule has 0 radical (unpaired) electrons. The fourth-order valence-corrected chi connectivity index (χ4v) is 5.89. The Labute approximate surface area is 185 Å². The maximum atomic E-state index is 13.3. The summed E-state index contributed by atoms with van der Waals surface area (Å²) in [5.41, 5.74) is 1.08. The molecule has 3 rings (SSSR count). The highest BCUT2D eigenvalue weighted by molar-refractivity contribution is 7.91. The Kier molecular flexibility index (Phi) is 6.99. The van der Waals surface area contributed by atoms with Crippen molar-refractivity contribution in [3.8, 4) is 5.75 Å². The molecule has 1 aliphatic rings. The van der Waals surface area contributed by atoms with Gasteiger partial charge in [0.1, 0.15) is 0 Å². The van der Waals surface area contributed by atoms with Gasteiger partial charge in [0.25, 0.3) is 5.91 Å².